The second-order valence-corrected chi connectivity index (χ2v) is 6.67. The SMILES string of the molecule is O=C(Cc1ccn(-c2ccccc2)n1)NCC1(O)CCSC1. The Bertz CT molecular complexity index is 636. The predicted molar refractivity (Wildman–Crippen MR) is 87.2 cm³/mol. The molecule has 0 spiro atoms. The van der Waals surface area contributed by atoms with Gasteiger partial charge in [-0.1, -0.05) is 18.2 Å². The number of aromatic nitrogens is 2. The van der Waals surface area contributed by atoms with Crippen molar-refractivity contribution in [3.63, 3.8) is 0 Å². The van der Waals surface area contributed by atoms with Gasteiger partial charge >= 0.3 is 0 Å². The lowest BCUT2D eigenvalue weighted by atomic mass is 10.0. The Hall–Kier alpha value is -1.79. The van der Waals surface area contributed by atoms with Crippen LogP contribution in [0.25, 0.3) is 5.69 Å². The highest BCUT2D eigenvalue weighted by Gasteiger charge is 2.31. The zero-order valence-corrected chi connectivity index (χ0v) is 13.1. The quantitative estimate of drug-likeness (QED) is 0.875. The molecule has 0 bridgehead atoms. The van der Waals surface area contributed by atoms with Crippen LogP contribution in [0.1, 0.15) is 12.1 Å². The molecule has 1 amide bonds. The first kappa shape index (κ1) is 15.1. The molecule has 1 aromatic heterocycles. The lowest BCUT2D eigenvalue weighted by Crippen LogP contribution is -2.43. The molecule has 2 aromatic rings. The summed E-state index contributed by atoms with van der Waals surface area (Å²) in [6, 6.07) is 11.6. The molecule has 116 valence electrons. The summed E-state index contributed by atoms with van der Waals surface area (Å²) in [7, 11) is 0. The number of nitrogens with one attached hydrogen (secondary N) is 1. The van der Waals surface area contributed by atoms with Crippen LogP contribution in [0, 0.1) is 0 Å². The van der Waals surface area contributed by atoms with Gasteiger partial charge in [-0.2, -0.15) is 16.9 Å². The Morgan fingerprint density at radius 3 is 2.91 bits per heavy atom. The molecule has 0 saturated carbocycles. The molecule has 0 aliphatic carbocycles. The summed E-state index contributed by atoms with van der Waals surface area (Å²) >= 11 is 1.72. The highest BCUT2D eigenvalue weighted by molar-refractivity contribution is 7.99. The number of hydrogen-bond donors (Lipinski definition) is 2. The lowest BCUT2D eigenvalue weighted by molar-refractivity contribution is -0.121. The van der Waals surface area contributed by atoms with Crippen molar-refractivity contribution in [3.05, 3.63) is 48.3 Å². The van der Waals surface area contributed by atoms with E-state index in [1.165, 1.54) is 0 Å². The van der Waals surface area contributed by atoms with E-state index in [9.17, 15) is 9.90 Å². The van der Waals surface area contributed by atoms with Crippen molar-refractivity contribution in [2.24, 2.45) is 0 Å². The molecule has 3 rings (SSSR count). The number of benzene rings is 1. The fraction of sp³-hybridized carbons (Fsp3) is 0.375. The first-order valence-corrected chi connectivity index (χ1v) is 8.47. The molecule has 1 atom stereocenters. The predicted octanol–water partition coefficient (Wildman–Crippen LogP) is 1.40. The molecule has 1 aliphatic heterocycles. The van der Waals surface area contributed by atoms with E-state index in [-0.39, 0.29) is 12.3 Å². The maximum atomic E-state index is 12.0. The summed E-state index contributed by atoms with van der Waals surface area (Å²) in [5.74, 6) is 1.53. The van der Waals surface area contributed by atoms with Crippen LogP contribution in [0.5, 0.6) is 0 Å². The standard InChI is InChI=1S/C16H19N3O2S/c20-15(17-11-16(21)7-9-22-12-16)10-13-6-8-19(18-13)14-4-2-1-3-5-14/h1-6,8,21H,7,9-12H2,(H,17,20). The van der Waals surface area contributed by atoms with Gasteiger partial charge in [0.15, 0.2) is 0 Å². The van der Waals surface area contributed by atoms with Crippen molar-refractivity contribution >= 4 is 17.7 Å². The minimum atomic E-state index is -0.746. The van der Waals surface area contributed by atoms with Gasteiger partial charge in [0.25, 0.3) is 0 Å². The van der Waals surface area contributed by atoms with Gasteiger partial charge in [0, 0.05) is 18.5 Å². The van der Waals surface area contributed by atoms with E-state index < -0.39 is 5.60 Å². The summed E-state index contributed by atoms with van der Waals surface area (Å²) in [6.45, 7) is 0.318. The van der Waals surface area contributed by atoms with Crippen LogP contribution in [-0.4, -0.2) is 44.4 Å². The fourth-order valence-corrected chi connectivity index (χ4v) is 3.70. The van der Waals surface area contributed by atoms with Crippen molar-refractivity contribution < 1.29 is 9.90 Å². The zero-order valence-electron chi connectivity index (χ0n) is 12.2. The van der Waals surface area contributed by atoms with E-state index in [2.05, 4.69) is 10.4 Å². The Kier molecular flexibility index (Phi) is 4.49. The molecule has 1 aromatic carbocycles. The third kappa shape index (κ3) is 3.69. The minimum Gasteiger partial charge on any atom is -0.387 e. The van der Waals surface area contributed by atoms with E-state index in [0.717, 1.165) is 17.9 Å². The number of carbonyl (C=O) groups excluding carboxylic acids is 1. The molecular formula is C16H19N3O2S. The number of thioether (sulfide) groups is 1. The van der Waals surface area contributed by atoms with E-state index in [0.29, 0.717) is 18.0 Å². The molecule has 22 heavy (non-hydrogen) atoms. The van der Waals surface area contributed by atoms with Crippen molar-refractivity contribution in [1.29, 1.82) is 0 Å². The molecule has 1 saturated heterocycles. The third-order valence-electron chi connectivity index (χ3n) is 3.70. The number of para-hydroxylation sites is 1. The van der Waals surface area contributed by atoms with Gasteiger partial charge in [-0.05, 0) is 30.4 Å². The van der Waals surface area contributed by atoms with Gasteiger partial charge < -0.3 is 10.4 Å². The van der Waals surface area contributed by atoms with Gasteiger partial charge in [0.1, 0.15) is 0 Å². The van der Waals surface area contributed by atoms with Crippen molar-refractivity contribution in [1.82, 2.24) is 15.1 Å². The summed E-state index contributed by atoms with van der Waals surface area (Å²) in [5, 5.41) is 17.4. The average molecular weight is 317 g/mol. The second kappa shape index (κ2) is 6.54. The summed E-state index contributed by atoms with van der Waals surface area (Å²) in [6.07, 6.45) is 2.81. The Morgan fingerprint density at radius 1 is 1.36 bits per heavy atom. The monoisotopic (exact) mass is 317 g/mol. The van der Waals surface area contributed by atoms with Crippen molar-refractivity contribution in [2.45, 2.75) is 18.4 Å². The molecule has 5 nitrogen and oxygen atoms in total. The summed E-state index contributed by atoms with van der Waals surface area (Å²) < 4.78 is 1.75. The van der Waals surface area contributed by atoms with Gasteiger partial charge in [-0.3, -0.25) is 4.79 Å². The normalized spacial score (nSPS) is 21.0. The maximum Gasteiger partial charge on any atom is 0.226 e. The van der Waals surface area contributed by atoms with Crippen LogP contribution in [-0.2, 0) is 11.2 Å². The zero-order chi connectivity index (χ0) is 15.4. The molecule has 2 N–H and O–H groups in total. The van der Waals surface area contributed by atoms with Crippen molar-refractivity contribution in [3.8, 4) is 5.69 Å². The average Bonchev–Trinajstić information content (AvgIpc) is 3.16. The molecule has 6 heteroatoms. The van der Waals surface area contributed by atoms with Crippen LogP contribution in [0.2, 0.25) is 0 Å². The highest BCUT2D eigenvalue weighted by atomic mass is 32.2. The van der Waals surface area contributed by atoms with E-state index >= 15 is 0 Å². The van der Waals surface area contributed by atoms with Gasteiger partial charge in [0.05, 0.1) is 23.4 Å². The van der Waals surface area contributed by atoms with Gasteiger partial charge in [-0.25, -0.2) is 4.68 Å². The number of nitrogens with zero attached hydrogens (tertiary/aromatic N) is 2. The van der Waals surface area contributed by atoms with Gasteiger partial charge in [0.2, 0.25) is 5.91 Å². The molecular weight excluding hydrogens is 298 g/mol. The van der Waals surface area contributed by atoms with Crippen LogP contribution in [0.15, 0.2) is 42.6 Å². The van der Waals surface area contributed by atoms with E-state index in [4.69, 9.17) is 0 Å². The smallest absolute Gasteiger partial charge is 0.226 e. The Labute approximate surface area is 133 Å². The van der Waals surface area contributed by atoms with Crippen LogP contribution < -0.4 is 5.32 Å². The lowest BCUT2D eigenvalue weighted by Gasteiger charge is -2.21. The minimum absolute atomic E-state index is 0.108. The van der Waals surface area contributed by atoms with Crippen LogP contribution in [0.4, 0.5) is 0 Å². The van der Waals surface area contributed by atoms with E-state index in [1.54, 1.807) is 16.4 Å². The Balaban J connectivity index is 1.55. The first-order valence-electron chi connectivity index (χ1n) is 7.31. The molecule has 1 fully saturated rings. The molecule has 1 unspecified atom stereocenters. The largest absolute Gasteiger partial charge is 0.387 e. The number of rotatable bonds is 5. The topological polar surface area (TPSA) is 67.2 Å². The number of carbonyl (C=O) groups is 1. The van der Waals surface area contributed by atoms with Crippen LogP contribution in [0.3, 0.4) is 0 Å². The summed E-state index contributed by atoms with van der Waals surface area (Å²) in [4.78, 5) is 12.0. The van der Waals surface area contributed by atoms with Gasteiger partial charge in [-0.15, -0.1) is 0 Å². The molecule has 0 radical (unpaired) electrons. The Morgan fingerprint density at radius 2 is 2.18 bits per heavy atom. The second-order valence-electron chi connectivity index (χ2n) is 5.57. The number of amides is 1. The highest BCUT2D eigenvalue weighted by Crippen LogP contribution is 2.26. The fourth-order valence-electron chi connectivity index (χ4n) is 2.41. The summed E-state index contributed by atoms with van der Waals surface area (Å²) in [5.41, 5.74) is 0.935. The third-order valence-corrected chi connectivity index (χ3v) is 4.94. The molecule has 2 heterocycles. The number of aliphatic hydroxyl groups is 1. The maximum absolute atomic E-state index is 12.0. The number of hydrogen-bond acceptors (Lipinski definition) is 4. The molecule has 1 aliphatic rings. The van der Waals surface area contributed by atoms with E-state index in [1.807, 2.05) is 42.6 Å². The van der Waals surface area contributed by atoms with Crippen LogP contribution >= 0.6 is 11.8 Å². The first-order chi connectivity index (χ1) is 10.6. The van der Waals surface area contributed by atoms with Crippen molar-refractivity contribution in [2.75, 3.05) is 18.1 Å².